The quantitative estimate of drug-likeness (QED) is 0.871. The van der Waals surface area contributed by atoms with E-state index in [-0.39, 0.29) is 12.4 Å². The molecule has 1 saturated heterocycles. The molecule has 1 aliphatic heterocycles. The Balaban J connectivity index is 2.33. The molecule has 0 aliphatic carbocycles. The molecule has 1 unspecified atom stereocenters. The van der Waals surface area contributed by atoms with Crippen LogP contribution in [0.3, 0.4) is 0 Å². The van der Waals surface area contributed by atoms with Crippen molar-refractivity contribution in [3.05, 3.63) is 18.1 Å². The van der Waals surface area contributed by atoms with Gasteiger partial charge in [-0.2, -0.15) is 13.2 Å². The van der Waals surface area contributed by atoms with Crippen LogP contribution in [-0.2, 0) is 11.0 Å². The summed E-state index contributed by atoms with van der Waals surface area (Å²) in [5.74, 6) is -1.53. The van der Waals surface area contributed by atoms with Gasteiger partial charge in [-0.1, -0.05) is 0 Å². The first kappa shape index (κ1) is 14.0. The van der Waals surface area contributed by atoms with Gasteiger partial charge in [-0.15, -0.1) is 0 Å². The van der Waals surface area contributed by atoms with Gasteiger partial charge >= 0.3 is 18.2 Å². The number of aliphatic carboxylic acids is 1. The van der Waals surface area contributed by atoms with Crippen LogP contribution < -0.4 is 4.90 Å². The second-order valence-electron chi connectivity index (χ2n) is 4.12. The van der Waals surface area contributed by atoms with Gasteiger partial charge in [0.05, 0.1) is 6.54 Å². The molecule has 1 aromatic rings. The van der Waals surface area contributed by atoms with E-state index in [1.807, 2.05) is 0 Å². The highest BCUT2D eigenvalue weighted by Gasteiger charge is 2.41. The third-order valence-electron chi connectivity index (χ3n) is 2.86. The minimum Gasteiger partial charge on any atom is -0.480 e. The molecule has 20 heavy (non-hydrogen) atoms. The highest BCUT2D eigenvalue weighted by molar-refractivity contribution is 5.98. The second-order valence-corrected chi connectivity index (χ2v) is 4.12. The topological polar surface area (TPSA) is 86.6 Å². The van der Waals surface area contributed by atoms with Crippen molar-refractivity contribution in [1.82, 2.24) is 14.9 Å². The largest absolute Gasteiger partial charge is 0.480 e. The lowest BCUT2D eigenvalue weighted by Gasteiger charge is -2.15. The number of halogens is 3. The van der Waals surface area contributed by atoms with Crippen LogP contribution in [0.5, 0.6) is 0 Å². The fraction of sp³-hybridized carbons (Fsp3) is 0.400. The number of hydrogen-bond acceptors (Lipinski definition) is 4. The number of nitrogens with zero attached hydrogens (tertiary/aromatic N) is 4. The summed E-state index contributed by atoms with van der Waals surface area (Å²) in [7, 11) is 1.26. The minimum atomic E-state index is -4.67. The lowest BCUT2D eigenvalue weighted by molar-refractivity contribution is -0.141. The van der Waals surface area contributed by atoms with Crippen molar-refractivity contribution >= 4 is 17.8 Å². The summed E-state index contributed by atoms with van der Waals surface area (Å²) in [5, 5.41) is 8.92. The fourth-order valence-electron chi connectivity index (χ4n) is 1.78. The molecule has 1 N–H and O–H groups in total. The van der Waals surface area contributed by atoms with Crippen molar-refractivity contribution in [3.8, 4) is 0 Å². The number of rotatable bonds is 2. The molecule has 108 valence electrons. The van der Waals surface area contributed by atoms with Crippen molar-refractivity contribution in [2.24, 2.45) is 0 Å². The van der Waals surface area contributed by atoms with Gasteiger partial charge in [0, 0.05) is 13.1 Å². The molecule has 0 aromatic carbocycles. The van der Waals surface area contributed by atoms with E-state index >= 15 is 0 Å². The monoisotopic (exact) mass is 290 g/mol. The van der Waals surface area contributed by atoms with Crippen molar-refractivity contribution in [1.29, 1.82) is 0 Å². The average Bonchev–Trinajstić information content (AvgIpc) is 2.66. The third-order valence-corrected chi connectivity index (χ3v) is 2.86. The summed E-state index contributed by atoms with van der Waals surface area (Å²) in [6, 6.07) is -1.26. The lowest BCUT2D eigenvalue weighted by atomic mass is 10.3. The van der Waals surface area contributed by atoms with Crippen LogP contribution in [0.2, 0.25) is 0 Å². The number of aromatic nitrogens is 2. The summed E-state index contributed by atoms with van der Waals surface area (Å²) < 4.78 is 37.6. The molecular formula is C10H9F3N4O3. The predicted octanol–water partition coefficient (Wildman–Crippen LogP) is 0.820. The molecule has 1 atom stereocenters. The van der Waals surface area contributed by atoms with Crippen LogP contribution >= 0.6 is 0 Å². The minimum absolute atomic E-state index is 0.279. The number of hydrogen-bond donors (Lipinski definition) is 1. The highest BCUT2D eigenvalue weighted by Crippen LogP contribution is 2.30. The Morgan fingerprint density at radius 3 is 2.60 bits per heavy atom. The number of carbonyl (C=O) groups excluding carboxylic acids is 1. The predicted molar refractivity (Wildman–Crippen MR) is 59.0 cm³/mol. The van der Waals surface area contributed by atoms with Gasteiger partial charge in [0.15, 0.2) is 0 Å². The summed E-state index contributed by atoms with van der Waals surface area (Å²) >= 11 is 0. The Bertz CT molecular complexity index is 563. The zero-order chi connectivity index (χ0) is 15.1. The number of anilines is 1. The normalized spacial score (nSPS) is 19.6. The summed E-state index contributed by atoms with van der Waals surface area (Å²) in [5.41, 5.74) is -1.20. The maximum Gasteiger partial charge on any atom is 0.433 e. The molecule has 10 heteroatoms. The van der Waals surface area contributed by atoms with Crippen molar-refractivity contribution in [2.75, 3.05) is 18.5 Å². The van der Waals surface area contributed by atoms with Gasteiger partial charge in [-0.3, -0.25) is 4.90 Å². The van der Waals surface area contributed by atoms with E-state index < -0.39 is 29.9 Å². The standard InChI is InChI=1S/C10H9F3N4O3/c1-16-5(8(18)19)3-17(9(16)20)7-2-6(10(11,12)13)14-4-15-7/h2,4-5H,3H2,1H3,(H,18,19). The van der Waals surface area contributed by atoms with Crippen LogP contribution in [0.15, 0.2) is 12.4 Å². The first-order chi connectivity index (χ1) is 9.21. The van der Waals surface area contributed by atoms with E-state index in [0.717, 1.165) is 9.80 Å². The smallest absolute Gasteiger partial charge is 0.433 e. The zero-order valence-corrected chi connectivity index (χ0v) is 10.1. The van der Waals surface area contributed by atoms with Gasteiger partial charge in [-0.05, 0) is 0 Å². The Labute approximate surface area is 110 Å². The van der Waals surface area contributed by atoms with Crippen molar-refractivity contribution < 1.29 is 27.9 Å². The number of alkyl halides is 3. The second kappa shape index (κ2) is 4.62. The van der Waals surface area contributed by atoms with E-state index in [2.05, 4.69) is 9.97 Å². The Morgan fingerprint density at radius 2 is 2.10 bits per heavy atom. The zero-order valence-electron chi connectivity index (χ0n) is 10.1. The van der Waals surface area contributed by atoms with Gasteiger partial charge < -0.3 is 10.0 Å². The van der Waals surface area contributed by atoms with E-state index in [1.54, 1.807) is 0 Å². The van der Waals surface area contributed by atoms with Crippen molar-refractivity contribution in [3.63, 3.8) is 0 Å². The third kappa shape index (κ3) is 2.36. The van der Waals surface area contributed by atoms with Crippen LogP contribution in [0.1, 0.15) is 5.69 Å². The summed E-state index contributed by atoms with van der Waals surface area (Å²) in [6.07, 6.45) is -3.99. The molecule has 1 fully saturated rings. The Kier molecular flexibility index (Phi) is 3.24. The van der Waals surface area contributed by atoms with Gasteiger partial charge in [0.25, 0.3) is 0 Å². The first-order valence-electron chi connectivity index (χ1n) is 5.38. The molecule has 0 saturated carbocycles. The number of amides is 2. The van der Waals surface area contributed by atoms with Gasteiger partial charge in [-0.25, -0.2) is 19.6 Å². The van der Waals surface area contributed by atoms with Crippen LogP contribution in [0.25, 0.3) is 0 Å². The maximum absolute atomic E-state index is 12.5. The molecule has 2 amide bonds. The number of urea groups is 1. The molecule has 0 radical (unpaired) electrons. The van der Waals surface area contributed by atoms with E-state index in [1.165, 1.54) is 7.05 Å². The van der Waals surface area contributed by atoms with Crippen LogP contribution in [0.4, 0.5) is 23.8 Å². The van der Waals surface area contributed by atoms with Crippen LogP contribution in [-0.4, -0.2) is 51.6 Å². The molecule has 0 spiro atoms. The molecule has 2 rings (SSSR count). The van der Waals surface area contributed by atoms with Crippen molar-refractivity contribution in [2.45, 2.75) is 12.2 Å². The SMILES string of the molecule is CN1C(=O)N(c2cc(C(F)(F)F)ncn2)CC1C(=O)O. The molecular weight excluding hydrogens is 281 g/mol. The van der Waals surface area contributed by atoms with Gasteiger partial charge in [0.1, 0.15) is 23.9 Å². The van der Waals surface area contributed by atoms with E-state index in [0.29, 0.717) is 12.4 Å². The number of carboxylic acid groups (broad SMARTS) is 1. The maximum atomic E-state index is 12.5. The average molecular weight is 290 g/mol. The Morgan fingerprint density at radius 1 is 1.45 bits per heavy atom. The number of likely N-dealkylation sites (N-methyl/N-ethyl adjacent to an activating group) is 1. The number of carbonyl (C=O) groups is 2. The molecule has 1 aromatic heterocycles. The first-order valence-corrected chi connectivity index (χ1v) is 5.38. The highest BCUT2D eigenvalue weighted by atomic mass is 19.4. The van der Waals surface area contributed by atoms with E-state index in [4.69, 9.17) is 5.11 Å². The Hall–Kier alpha value is -2.39. The molecule has 0 bridgehead atoms. The number of carboxylic acids is 1. The summed E-state index contributed by atoms with van der Waals surface area (Å²) in [6.45, 7) is -0.279. The lowest BCUT2D eigenvalue weighted by Crippen LogP contribution is -2.36. The molecule has 1 aliphatic rings. The summed E-state index contributed by atoms with van der Waals surface area (Å²) in [4.78, 5) is 31.2. The van der Waals surface area contributed by atoms with E-state index in [9.17, 15) is 22.8 Å². The van der Waals surface area contributed by atoms with Crippen LogP contribution in [0, 0.1) is 0 Å². The fourth-order valence-corrected chi connectivity index (χ4v) is 1.78. The molecule has 7 nitrogen and oxygen atoms in total. The van der Waals surface area contributed by atoms with Gasteiger partial charge in [0.2, 0.25) is 0 Å². The molecule has 2 heterocycles.